The van der Waals surface area contributed by atoms with Gasteiger partial charge in [0.1, 0.15) is 17.5 Å². The van der Waals surface area contributed by atoms with Gasteiger partial charge in [-0.25, -0.2) is 9.48 Å². The van der Waals surface area contributed by atoms with E-state index < -0.39 is 18.2 Å². The standard InChI is InChI=1S/C25H27ClN4O5/c1-15(20-8-3-4-9-21(20)26)34-25(33)27-23-22(28-29-30(23)2)16-10-12-18(13-11-16)35-19-7-5-6-17(14-19)24(31)32/h3-4,8-13,15,17,19H,5-7,14H2,1-2H3,(H,27,33)(H,31,32)/t15-,17+,19+/m1/s1. The van der Waals surface area contributed by atoms with Crippen LogP contribution >= 0.6 is 11.6 Å². The third-order valence-corrected chi connectivity index (χ3v) is 6.42. The average molecular weight is 499 g/mol. The molecular weight excluding hydrogens is 472 g/mol. The van der Waals surface area contributed by atoms with E-state index in [2.05, 4.69) is 15.6 Å². The minimum absolute atomic E-state index is 0.126. The minimum Gasteiger partial charge on any atom is -0.490 e. The molecule has 0 unspecified atom stereocenters. The summed E-state index contributed by atoms with van der Waals surface area (Å²) < 4.78 is 13.0. The Bertz CT molecular complexity index is 1200. The largest absolute Gasteiger partial charge is 0.490 e. The number of aryl methyl sites for hydroxylation is 1. The van der Waals surface area contributed by atoms with E-state index in [0.717, 1.165) is 18.4 Å². The number of nitrogens with one attached hydrogen (secondary N) is 1. The number of anilines is 1. The lowest BCUT2D eigenvalue weighted by molar-refractivity contribution is -0.143. The molecule has 1 aliphatic carbocycles. The number of amides is 1. The van der Waals surface area contributed by atoms with Crippen molar-refractivity contribution < 1.29 is 24.2 Å². The number of ether oxygens (including phenoxy) is 2. The third kappa shape index (κ3) is 5.92. The van der Waals surface area contributed by atoms with Crippen LogP contribution in [0.1, 0.15) is 44.3 Å². The summed E-state index contributed by atoms with van der Waals surface area (Å²) in [5, 5.41) is 20.7. The van der Waals surface area contributed by atoms with Crippen molar-refractivity contribution in [1.29, 1.82) is 0 Å². The van der Waals surface area contributed by atoms with Gasteiger partial charge in [0.15, 0.2) is 5.82 Å². The van der Waals surface area contributed by atoms with Gasteiger partial charge in [0.2, 0.25) is 0 Å². The highest BCUT2D eigenvalue weighted by Crippen LogP contribution is 2.31. The normalized spacial score (nSPS) is 18.5. The van der Waals surface area contributed by atoms with Crippen molar-refractivity contribution in [2.75, 3.05) is 5.32 Å². The fourth-order valence-corrected chi connectivity index (χ4v) is 4.50. The molecule has 1 saturated carbocycles. The van der Waals surface area contributed by atoms with E-state index >= 15 is 0 Å². The molecule has 0 saturated heterocycles. The van der Waals surface area contributed by atoms with Crippen LogP contribution in [0.5, 0.6) is 5.75 Å². The van der Waals surface area contributed by atoms with E-state index in [4.69, 9.17) is 21.1 Å². The molecule has 2 aromatic carbocycles. The van der Waals surface area contributed by atoms with Crippen LogP contribution < -0.4 is 10.1 Å². The molecule has 3 atom stereocenters. The number of carbonyl (C=O) groups is 2. The zero-order chi connectivity index (χ0) is 24.9. The molecular formula is C25H27ClN4O5. The lowest BCUT2D eigenvalue weighted by Crippen LogP contribution is -2.29. The quantitative estimate of drug-likeness (QED) is 0.443. The van der Waals surface area contributed by atoms with Crippen molar-refractivity contribution in [2.24, 2.45) is 13.0 Å². The number of aromatic nitrogens is 3. The van der Waals surface area contributed by atoms with Gasteiger partial charge in [-0.15, -0.1) is 5.10 Å². The molecule has 1 heterocycles. The summed E-state index contributed by atoms with van der Waals surface area (Å²) in [4.78, 5) is 23.9. The SMILES string of the molecule is C[C@@H](OC(=O)Nc1c(-c2ccc(O[C@H]3CCC[C@H](C(=O)O)C3)cc2)nnn1C)c1ccccc1Cl. The minimum atomic E-state index is -0.767. The highest BCUT2D eigenvalue weighted by atomic mass is 35.5. The Morgan fingerprint density at radius 2 is 1.91 bits per heavy atom. The molecule has 1 aliphatic rings. The van der Waals surface area contributed by atoms with Gasteiger partial charge < -0.3 is 14.6 Å². The van der Waals surface area contributed by atoms with Crippen molar-refractivity contribution >= 4 is 29.5 Å². The molecule has 0 bridgehead atoms. The number of hydrogen-bond acceptors (Lipinski definition) is 6. The summed E-state index contributed by atoms with van der Waals surface area (Å²) in [6, 6.07) is 14.4. The van der Waals surface area contributed by atoms with E-state index in [9.17, 15) is 14.7 Å². The predicted octanol–water partition coefficient (Wildman–Crippen LogP) is 5.47. The fraction of sp³-hybridized carbons (Fsp3) is 0.360. The summed E-state index contributed by atoms with van der Waals surface area (Å²) in [5.41, 5.74) is 1.91. The molecule has 3 aromatic rings. The molecule has 1 aromatic heterocycles. The third-order valence-electron chi connectivity index (χ3n) is 6.08. The van der Waals surface area contributed by atoms with Gasteiger partial charge in [-0.2, -0.15) is 0 Å². The van der Waals surface area contributed by atoms with E-state index in [1.54, 1.807) is 38.2 Å². The van der Waals surface area contributed by atoms with Gasteiger partial charge in [0.25, 0.3) is 0 Å². The van der Waals surface area contributed by atoms with Gasteiger partial charge in [-0.1, -0.05) is 35.0 Å². The number of nitrogens with zero attached hydrogens (tertiary/aromatic N) is 3. The molecule has 184 valence electrons. The first-order valence-corrected chi connectivity index (χ1v) is 11.8. The van der Waals surface area contributed by atoms with Gasteiger partial charge in [0.05, 0.1) is 12.0 Å². The number of carboxylic acids is 1. The second kappa shape index (κ2) is 10.8. The summed E-state index contributed by atoms with van der Waals surface area (Å²) in [7, 11) is 1.67. The summed E-state index contributed by atoms with van der Waals surface area (Å²) in [5.74, 6) is -0.0967. The van der Waals surface area contributed by atoms with Crippen LogP contribution in [-0.4, -0.2) is 38.3 Å². The highest BCUT2D eigenvalue weighted by molar-refractivity contribution is 6.31. The first-order valence-electron chi connectivity index (χ1n) is 11.4. The Hall–Kier alpha value is -3.59. The molecule has 0 radical (unpaired) electrons. The average Bonchev–Trinajstić information content (AvgIpc) is 3.19. The van der Waals surface area contributed by atoms with Gasteiger partial charge >= 0.3 is 12.1 Å². The molecule has 2 N–H and O–H groups in total. The van der Waals surface area contributed by atoms with E-state index in [0.29, 0.717) is 40.7 Å². The molecule has 35 heavy (non-hydrogen) atoms. The molecule has 1 fully saturated rings. The van der Waals surface area contributed by atoms with Crippen molar-refractivity contribution in [1.82, 2.24) is 15.0 Å². The van der Waals surface area contributed by atoms with Crippen LogP contribution in [0.4, 0.5) is 10.6 Å². The summed E-state index contributed by atoms with van der Waals surface area (Å²) in [6.45, 7) is 1.74. The smallest absolute Gasteiger partial charge is 0.413 e. The molecule has 1 amide bonds. The molecule has 10 heteroatoms. The number of carboxylic acid groups (broad SMARTS) is 1. The Labute approximate surface area is 208 Å². The second-order valence-corrected chi connectivity index (χ2v) is 8.98. The van der Waals surface area contributed by atoms with Crippen molar-refractivity contribution in [2.45, 2.75) is 44.8 Å². The Morgan fingerprint density at radius 3 is 2.63 bits per heavy atom. The van der Waals surface area contributed by atoms with Crippen LogP contribution in [0.15, 0.2) is 48.5 Å². The number of carbonyl (C=O) groups excluding carboxylic acids is 1. The summed E-state index contributed by atoms with van der Waals surface area (Å²) in [6.07, 6.45) is 1.53. The Balaban J connectivity index is 1.42. The monoisotopic (exact) mass is 498 g/mol. The van der Waals surface area contributed by atoms with Crippen LogP contribution in [0, 0.1) is 5.92 Å². The van der Waals surface area contributed by atoms with Crippen molar-refractivity contribution in [3.8, 4) is 17.0 Å². The maximum absolute atomic E-state index is 12.6. The topological polar surface area (TPSA) is 116 Å². The Kier molecular flexibility index (Phi) is 7.55. The van der Waals surface area contributed by atoms with E-state index in [1.165, 1.54) is 4.68 Å². The lowest BCUT2D eigenvalue weighted by atomic mass is 9.87. The maximum atomic E-state index is 12.6. The lowest BCUT2D eigenvalue weighted by Gasteiger charge is -2.27. The number of aliphatic carboxylic acids is 1. The number of benzene rings is 2. The molecule has 4 rings (SSSR count). The molecule has 0 aliphatic heterocycles. The number of halogens is 1. The molecule has 9 nitrogen and oxygen atoms in total. The summed E-state index contributed by atoms with van der Waals surface area (Å²) >= 11 is 6.20. The van der Waals surface area contributed by atoms with Crippen molar-refractivity contribution in [3.63, 3.8) is 0 Å². The van der Waals surface area contributed by atoms with Gasteiger partial charge in [0, 0.05) is 23.2 Å². The predicted molar refractivity (Wildman–Crippen MR) is 130 cm³/mol. The van der Waals surface area contributed by atoms with Crippen LogP contribution in [-0.2, 0) is 16.6 Å². The Morgan fingerprint density at radius 1 is 1.17 bits per heavy atom. The van der Waals surface area contributed by atoms with E-state index in [1.807, 2.05) is 24.3 Å². The van der Waals surface area contributed by atoms with E-state index in [-0.39, 0.29) is 12.0 Å². The van der Waals surface area contributed by atoms with Crippen molar-refractivity contribution in [3.05, 3.63) is 59.1 Å². The zero-order valence-corrected chi connectivity index (χ0v) is 20.2. The zero-order valence-electron chi connectivity index (χ0n) is 19.5. The number of hydrogen-bond donors (Lipinski definition) is 2. The fourth-order valence-electron chi connectivity index (χ4n) is 4.21. The second-order valence-electron chi connectivity index (χ2n) is 8.57. The highest BCUT2D eigenvalue weighted by Gasteiger charge is 2.28. The first-order chi connectivity index (χ1) is 16.8. The number of rotatable bonds is 7. The first kappa shape index (κ1) is 24.5. The van der Waals surface area contributed by atoms with Crippen LogP contribution in [0.25, 0.3) is 11.3 Å². The molecule has 0 spiro atoms. The van der Waals surface area contributed by atoms with Crippen LogP contribution in [0.2, 0.25) is 5.02 Å². The van der Waals surface area contributed by atoms with Gasteiger partial charge in [-0.3, -0.25) is 10.1 Å². The van der Waals surface area contributed by atoms with Crippen LogP contribution in [0.3, 0.4) is 0 Å². The van der Waals surface area contributed by atoms with Gasteiger partial charge in [-0.05, 0) is 62.9 Å². The maximum Gasteiger partial charge on any atom is 0.413 e.